The molecule has 1 aliphatic rings. The van der Waals surface area contributed by atoms with Crippen molar-refractivity contribution in [2.24, 2.45) is 0 Å². The van der Waals surface area contributed by atoms with Crippen molar-refractivity contribution in [3.05, 3.63) is 28.2 Å². The summed E-state index contributed by atoms with van der Waals surface area (Å²) in [6.07, 6.45) is 1.33. The summed E-state index contributed by atoms with van der Waals surface area (Å²) in [6, 6.07) is 5.60. The van der Waals surface area contributed by atoms with Crippen molar-refractivity contribution in [2.75, 3.05) is 13.7 Å². The van der Waals surface area contributed by atoms with Gasteiger partial charge in [0, 0.05) is 6.61 Å². The number of ether oxygens (including phenoxy) is 2. The van der Waals surface area contributed by atoms with E-state index in [9.17, 15) is 5.11 Å². The van der Waals surface area contributed by atoms with Crippen LogP contribution in [0.1, 0.15) is 24.5 Å². The molecule has 2 atom stereocenters. The molecule has 0 aromatic heterocycles. The van der Waals surface area contributed by atoms with Gasteiger partial charge in [-0.25, -0.2) is 0 Å². The Bertz CT molecular complexity index is 361. The molecule has 1 saturated heterocycles. The Morgan fingerprint density at radius 1 is 1.56 bits per heavy atom. The van der Waals surface area contributed by atoms with Crippen LogP contribution < -0.4 is 4.74 Å². The van der Waals surface area contributed by atoms with Crippen molar-refractivity contribution < 1.29 is 14.6 Å². The third-order valence-corrected chi connectivity index (χ3v) is 3.45. The number of rotatable bonds is 3. The van der Waals surface area contributed by atoms with Gasteiger partial charge in [-0.15, -0.1) is 0 Å². The fraction of sp³-hybridized carbons (Fsp3) is 0.500. The van der Waals surface area contributed by atoms with Gasteiger partial charge in [-0.3, -0.25) is 0 Å². The SMILES string of the molecule is COc1ccc(C(O)C2CCCO2)cc1Br. The van der Waals surface area contributed by atoms with E-state index in [4.69, 9.17) is 9.47 Å². The van der Waals surface area contributed by atoms with Crippen LogP contribution in [-0.4, -0.2) is 24.9 Å². The van der Waals surface area contributed by atoms with Crippen molar-refractivity contribution >= 4 is 15.9 Å². The molecule has 3 nitrogen and oxygen atoms in total. The third-order valence-electron chi connectivity index (χ3n) is 2.83. The number of benzene rings is 1. The van der Waals surface area contributed by atoms with Crippen molar-refractivity contribution in [1.29, 1.82) is 0 Å². The molecule has 0 bridgehead atoms. The lowest BCUT2D eigenvalue weighted by Gasteiger charge is -2.18. The predicted molar refractivity (Wildman–Crippen MR) is 64.6 cm³/mol. The summed E-state index contributed by atoms with van der Waals surface area (Å²) in [5.74, 6) is 0.767. The van der Waals surface area contributed by atoms with Gasteiger partial charge in [0.1, 0.15) is 11.9 Å². The molecule has 0 radical (unpaired) electrons. The van der Waals surface area contributed by atoms with Crippen LogP contribution in [0.15, 0.2) is 22.7 Å². The van der Waals surface area contributed by atoms with Crippen molar-refractivity contribution in [2.45, 2.75) is 25.0 Å². The smallest absolute Gasteiger partial charge is 0.133 e. The second-order valence-electron chi connectivity index (χ2n) is 3.89. The molecule has 0 saturated carbocycles. The molecule has 16 heavy (non-hydrogen) atoms. The van der Waals surface area contributed by atoms with Crippen molar-refractivity contribution in [1.82, 2.24) is 0 Å². The first-order valence-electron chi connectivity index (χ1n) is 5.35. The zero-order chi connectivity index (χ0) is 11.5. The first-order valence-corrected chi connectivity index (χ1v) is 6.15. The highest BCUT2D eigenvalue weighted by molar-refractivity contribution is 9.10. The summed E-state index contributed by atoms with van der Waals surface area (Å²) >= 11 is 3.41. The molecule has 1 fully saturated rings. The van der Waals surface area contributed by atoms with Crippen molar-refractivity contribution in [3.63, 3.8) is 0 Å². The average Bonchev–Trinajstić information content (AvgIpc) is 2.81. The minimum Gasteiger partial charge on any atom is -0.496 e. The predicted octanol–water partition coefficient (Wildman–Crippen LogP) is 2.67. The van der Waals surface area contributed by atoms with Crippen LogP contribution >= 0.6 is 15.9 Å². The van der Waals surface area contributed by atoms with Gasteiger partial charge in [-0.05, 0) is 46.5 Å². The monoisotopic (exact) mass is 286 g/mol. The molecule has 1 aromatic carbocycles. The maximum atomic E-state index is 10.1. The van der Waals surface area contributed by atoms with Gasteiger partial charge < -0.3 is 14.6 Å². The van der Waals surface area contributed by atoms with Crippen LogP contribution in [0.4, 0.5) is 0 Å². The van der Waals surface area contributed by atoms with Gasteiger partial charge in [-0.2, -0.15) is 0 Å². The van der Waals surface area contributed by atoms with Crippen LogP contribution in [0, 0.1) is 0 Å². The normalized spacial score (nSPS) is 22.1. The van der Waals surface area contributed by atoms with Gasteiger partial charge in [-0.1, -0.05) is 6.07 Å². The summed E-state index contributed by atoms with van der Waals surface area (Å²) in [5.41, 5.74) is 0.861. The van der Waals surface area contributed by atoms with E-state index in [2.05, 4.69) is 15.9 Å². The quantitative estimate of drug-likeness (QED) is 0.929. The standard InChI is InChI=1S/C12H15BrO3/c1-15-10-5-4-8(7-9(10)13)12(14)11-3-2-6-16-11/h4-5,7,11-12,14H,2-3,6H2,1H3. The zero-order valence-electron chi connectivity index (χ0n) is 9.15. The fourth-order valence-electron chi connectivity index (χ4n) is 1.93. The fourth-order valence-corrected chi connectivity index (χ4v) is 2.49. The second kappa shape index (κ2) is 5.17. The minimum absolute atomic E-state index is 0.0692. The summed E-state index contributed by atoms with van der Waals surface area (Å²) in [6.45, 7) is 0.749. The van der Waals surface area contributed by atoms with E-state index in [1.54, 1.807) is 7.11 Å². The summed E-state index contributed by atoms with van der Waals surface area (Å²) in [7, 11) is 1.62. The van der Waals surface area contributed by atoms with Gasteiger partial charge in [0.2, 0.25) is 0 Å². The van der Waals surface area contributed by atoms with E-state index in [1.165, 1.54) is 0 Å². The highest BCUT2D eigenvalue weighted by atomic mass is 79.9. The molecule has 1 aliphatic heterocycles. The number of aliphatic hydroxyl groups excluding tert-OH is 1. The van der Waals surface area contributed by atoms with Crippen LogP contribution in [0.25, 0.3) is 0 Å². The number of halogens is 1. The topological polar surface area (TPSA) is 38.7 Å². The maximum absolute atomic E-state index is 10.1. The van der Waals surface area contributed by atoms with E-state index < -0.39 is 6.10 Å². The van der Waals surface area contributed by atoms with E-state index in [-0.39, 0.29) is 6.10 Å². The van der Waals surface area contributed by atoms with Crippen LogP contribution in [-0.2, 0) is 4.74 Å². The minimum atomic E-state index is -0.551. The molecule has 88 valence electrons. The molecule has 4 heteroatoms. The molecule has 2 unspecified atom stereocenters. The van der Waals surface area contributed by atoms with E-state index in [0.717, 1.165) is 35.2 Å². The average molecular weight is 287 g/mol. The van der Waals surface area contributed by atoms with Crippen LogP contribution in [0.3, 0.4) is 0 Å². The zero-order valence-corrected chi connectivity index (χ0v) is 10.7. The molecule has 1 aromatic rings. The molecular weight excluding hydrogens is 272 g/mol. The highest BCUT2D eigenvalue weighted by Crippen LogP contribution is 2.32. The lowest BCUT2D eigenvalue weighted by Crippen LogP contribution is -2.17. The highest BCUT2D eigenvalue weighted by Gasteiger charge is 2.25. The van der Waals surface area contributed by atoms with Crippen LogP contribution in [0.5, 0.6) is 5.75 Å². The van der Waals surface area contributed by atoms with Crippen molar-refractivity contribution in [3.8, 4) is 5.75 Å². The van der Waals surface area contributed by atoms with E-state index >= 15 is 0 Å². The molecule has 1 heterocycles. The third kappa shape index (κ3) is 2.39. The number of hydrogen-bond donors (Lipinski definition) is 1. The van der Waals surface area contributed by atoms with Gasteiger partial charge in [0.25, 0.3) is 0 Å². The number of methoxy groups -OCH3 is 1. The Morgan fingerprint density at radius 3 is 2.94 bits per heavy atom. The Labute approximate surface area is 104 Å². The Kier molecular flexibility index (Phi) is 3.84. The van der Waals surface area contributed by atoms with Gasteiger partial charge >= 0.3 is 0 Å². The molecule has 1 N–H and O–H groups in total. The molecule has 0 spiro atoms. The first-order chi connectivity index (χ1) is 7.72. The summed E-state index contributed by atoms with van der Waals surface area (Å²) in [5, 5.41) is 10.1. The summed E-state index contributed by atoms with van der Waals surface area (Å²) in [4.78, 5) is 0. The first kappa shape index (κ1) is 11.9. The lowest BCUT2D eigenvalue weighted by atomic mass is 10.0. The largest absolute Gasteiger partial charge is 0.496 e. The maximum Gasteiger partial charge on any atom is 0.133 e. The second-order valence-corrected chi connectivity index (χ2v) is 4.74. The Hall–Kier alpha value is -0.580. The summed E-state index contributed by atoms with van der Waals surface area (Å²) < 4.78 is 11.5. The van der Waals surface area contributed by atoms with E-state index in [0.29, 0.717) is 0 Å². The molecule has 0 aliphatic carbocycles. The van der Waals surface area contributed by atoms with Gasteiger partial charge in [0.15, 0.2) is 0 Å². The van der Waals surface area contributed by atoms with Gasteiger partial charge in [0.05, 0.1) is 17.7 Å². The number of aliphatic hydroxyl groups is 1. The number of hydrogen-bond acceptors (Lipinski definition) is 3. The molecular formula is C12H15BrO3. The Morgan fingerprint density at radius 2 is 2.38 bits per heavy atom. The molecule has 2 rings (SSSR count). The Balaban J connectivity index is 2.16. The van der Waals surface area contributed by atoms with Crippen LogP contribution in [0.2, 0.25) is 0 Å². The lowest BCUT2D eigenvalue weighted by molar-refractivity contribution is -0.00263. The van der Waals surface area contributed by atoms with E-state index in [1.807, 2.05) is 18.2 Å². The molecule has 0 amide bonds.